The molecule has 0 rings (SSSR count). The van der Waals surface area contributed by atoms with E-state index in [2.05, 4.69) is 0 Å². The third-order valence-electron chi connectivity index (χ3n) is 3.59. The molecule has 0 aliphatic rings. The molecule has 0 aromatic rings. The van der Waals surface area contributed by atoms with Crippen molar-refractivity contribution < 1.29 is 102 Å². The van der Waals surface area contributed by atoms with E-state index in [1.807, 2.05) is 0 Å². The van der Waals surface area contributed by atoms with E-state index in [0.29, 0.717) is 0 Å². The minimum atomic E-state index is -8.43. The van der Waals surface area contributed by atoms with Gasteiger partial charge in [-0.25, -0.2) is 12.8 Å². The van der Waals surface area contributed by atoms with Crippen LogP contribution in [0.1, 0.15) is 19.3 Å². The smallest absolute Gasteiger partial charge is 0.743 e. The molecule has 0 heterocycles. The van der Waals surface area contributed by atoms with E-state index in [1.165, 1.54) is 0 Å². The van der Waals surface area contributed by atoms with Crippen LogP contribution in [0.3, 0.4) is 0 Å². The van der Waals surface area contributed by atoms with Crippen molar-refractivity contribution in [2.24, 2.45) is 0 Å². The summed E-state index contributed by atoms with van der Waals surface area (Å²) >= 11 is 0. The summed E-state index contributed by atoms with van der Waals surface area (Å²) in [5, 5.41) is -7.75. The molecule has 0 aliphatic carbocycles. The maximum absolute atomic E-state index is 13.4. The third-order valence-corrected chi connectivity index (χ3v) is 4.48. The van der Waals surface area contributed by atoms with Crippen molar-refractivity contribution in [2.75, 3.05) is 0 Å². The van der Waals surface area contributed by atoms with E-state index in [0.717, 1.165) is 0 Å². The van der Waals surface area contributed by atoms with Crippen LogP contribution < -0.4 is 18.9 Å². The topological polar surface area (TPSA) is 57.2 Å². The molecule has 0 bridgehead atoms. The molecule has 0 aromatic heterocycles. The summed E-state index contributed by atoms with van der Waals surface area (Å²) in [5.41, 5.74) is 0. The van der Waals surface area contributed by atoms with Crippen molar-refractivity contribution in [1.29, 1.82) is 0 Å². The van der Waals surface area contributed by atoms with Gasteiger partial charge in [0.1, 0.15) is 0 Å². The maximum atomic E-state index is 13.4. The summed E-state index contributed by atoms with van der Waals surface area (Å²) in [4.78, 5) is 0. The van der Waals surface area contributed by atoms with Gasteiger partial charge in [-0.3, -0.25) is 0 Å². The van der Waals surface area contributed by atoms with Crippen LogP contribution in [0.15, 0.2) is 0 Å². The zero-order chi connectivity index (χ0) is 25.7. The van der Waals surface area contributed by atoms with Crippen molar-refractivity contribution >= 4 is 10.1 Å². The van der Waals surface area contributed by atoms with Crippen LogP contribution >= 0.6 is 0 Å². The van der Waals surface area contributed by atoms with Crippen LogP contribution in [0, 0.1) is 0 Å². The van der Waals surface area contributed by atoms with Gasteiger partial charge in [-0.05, 0) is 12.8 Å². The van der Waals surface area contributed by atoms with Crippen molar-refractivity contribution in [2.45, 2.75) is 66.5 Å². The van der Waals surface area contributed by atoms with Crippen LogP contribution in [0.5, 0.6) is 0 Å². The Morgan fingerprint density at radius 3 is 1.31 bits per heavy atom. The Morgan fingerprint density at radius 1 is 0.656 bits per heavy atom. The predicted molar refractivity (Wildman–Crippen MR) is 64.2 cm³/mol. The average molecular weight is 530 g/mol. The summed E-state index contributed by atoms with van der Waals surface area (Å²) in [5.74, 6) is -40.2. The summed E-state index contributed by atoms with van der Waals surface area (Å²) < 4.78 is 237. The molecule has 1 atom stereocenters. The standard InChI is InChI=1S/C11H8F16O3S.Li/c12-4(2-1-3-5(13,14)15)6(16,17)7(18,19)8(20,21)9(22,23)10(24,25)11(26,27)31(28,29)30;/h4H,1-3H2,(H,28,29,30);/q;+1/p-1. The Bertz CT molecular complexity index is 747. The molecule has 3 nitrogen and oxygen atoms in total. The van der Waals surface area contributed by atoms with Crippen molar-refractivity contribution in [3.8, 4) is 0 Å². The van der Waals surface area contributed by atoms with Crippen LogP contribution in [0.25, 0.3) is 0 Å². The first-order valence-corrected chi connectivity index (χ1v) is 8.47. The van der Waals surface area contributed by atoms with E-state index in [9.17, 15) is 83.2 Å². The molecule has 1 unspecified atom stereocenters. The van der Waals surface area contributed by atoms with Gasteiger partial charge in [0, 0.05) is 6.42 Å². The van der Waals surface area contributed by atoms with Gasteiger partial charge >= 0.3 is 59.9 Å². The van der Waals surface area contributed by atoms with Gasteiger partial charge in [0.2, 0.25) is 0 Å². The van der Waals surface area contributed by atoms with Gasteiger partial charge in [-0.2, -0.15) is 65.9 Å². The number of alkyl halides is 16. The number of rotatable bonds is 10. The zero-order valence-corrected chi connectivity index (χ0v) is 15.7. The molecule has 0 aliphatic heterocycles. The summed E-state index contributed by atoms with van der Waals surface area (Å²) in [6, 6.07) is 0. The second-order valence-electron chi connectivity index (χ2n) is 5.87. The quantitative estimate of drug-likeness (QED) is 0.248. The first-order valence-electron chi connectivity index (χ1n) is 7.06. The first kappa shape index (κ1) is 33.6. The second-order valence-corrected chi connectivity index (χ2v) is 7.29. The molecule has 0 aromatic carbocycles. The molecule has 0 radical (unpaired) electrons. The Balaban J connectivity index is 0. The van der Waals surface area contributed by atoms with Gasteiger partial charge in [0.05, 0.1) is 0 Å². The molecule has 0 N–H and O–H groups in total. The molecular weight excluding hydrogens is 523 g/mol. The fourth-order valence-corrected chi connectivity index (χ4v) is 2.25. The summed E-state index contributed by atoms with van der Waals surface area (Å²) in [7, 11) is -7.99. The van der Waals surface area contributed by atoms with E-state index in [4.69, 9.17) is 0 Å². The Morgan fingerprint density at radius 2 is 1.00 bits per heavy atom. The molecule has 0 spiro atoms. The molecule has 188 valence electrons. The van der Waals surface area contributed by atoms with Crippen molar-refractivity contribution in [1.82, 2.24) is 0 Å². The predicted octanol–water partition coefficient (Wildman–Crippen LogP) is 2.38. The van der Waals surface area contributed by atoms with Crippen LogP contribution in [-0.2, 0) is 10.1 Å². The second kappa shape index (κ2) is 9.21. The fourth-order valence-electron chi connectivity index (χ4n) is 1.80. The van der Waals surface area contributed by atoms with Crippen molar-refractivity contribution in [3.63, 3.8) is 0 Å². The van der Waals surface area contributed by atoms with Gasteiger partial charge in [-0.15, -0.1) is 0 Å². The van der Waals surface area contributed by atoms with Crippen LogP contribution in [0.4, 0.5) is 70.2 Å². The maximum Gasteiger partial charge on any atom is 1.00 e. The van der Waals surface area contributed by atoms with Gasteiger partial charge in [0.25, 0.3) is 0 Å². The fraction of sp³-hybridized carbons (Fsp3) is 1.00. The monoisotopic (exact) mass is 530 g/mol. The van der Waals surface area contributed by atoms with Crippen molar-refractivity contribution in [3.05, 3.63) is 0 Å². The minimum absolute atomic E-state index is 0. The third kappa shape index (κ3) is 5.37. The molecule has 0 saturated carbocycles. The number of halogens is 16. The molecular formula is C11H7F16LiO3S. The molecule has 32 heavy (non-hydrogen) atoms. The van der Waals surface area contributed by atoms with E-state index in [1.54, 1.807) is 0 Å². The van der Waals surface area contributed by atoms with E-state index in [-0.39, 0.29) is 18.9 Å². The minimum Gasteiger partial charge on any atom is -0.743 e. The van der Waals surface area contributed by atoms with Crippen LogP contribution in [-0.4, -0.2) is 60.2 Å². The van der Waals surface area contributed by atoms with Gasteiger partial charge in [-0.1, -0.05) is 0 Å². The van der Waals surface area contributed by atoms with Gasteiger partial charge in [0.15, 0.2) is 16.3 Å². The Hall–Kier alpha value is -0.613. The molecule has 0 fully saturated rings. The largest absolute Gasteiger partial charge is 1.00 e. The number of hydrogen-bond acceptors (Lipinski definition) is 3. The SMILES string of the molecule is O=S(=O)([O-])C(F)(F)C(F)(F)C(F)(F)C(F)(F)C(F)(F)C(F)(F)C(F)CCCC(F)(F)F.[Li+]. The molecule has 0 amide bonds. The summed E-state index contributed by atoms with van der Waals surface area (Å²) in [6.45, 7) is 0. The van der Waals surface area contributed by atoms with E-state index >= 15 is 0 Å². The zero-order valence-electron chi connectivity index (χ0n) is 14.9. The molecule has 0 saturated heterocycles. The molecule has 21 heteroatoms. The normalized spacial score (nSPS) is 16.5. The van der Waals surface area contributed by atoms with Gasteiger partial charge < -0.3 is 4.55 Å². The Kier molecular flexibility index (Phi) is 9.66. The average Bonchev–Trinajstić information content (AvgIpc) is 2.51. The number of hydrogen-bond donors (Lipinski definition) is 0. The Labute approximate surface area is 179 Å². The first-order chi connectivity index (χ1) is 13.1. The van der Waals surface area contributed by atoms with E-state index < -0.39 is 76.6 Å². The summed E-state index contributed by atoms with van der Waals surface area (Å²) in [6.07, 6.45) is -16.3. The van der Waals surface area contributed by atoms with Crippen LogP contribution in [0.2, 0.25) is 0 Å².